The maximum absolute atomic E-state index is 10.5. The van der Waals surface area contributed by atoms with Crippen LogP contribution in [0.5, 0.6) is 0 Å². The molecule has 0 saturated heterocycles. The number of fused-ring (bicyclic) bond motifs is 1. The normalized spacial score (nSPS) is 17.4. The fourth-order valence-electron chi connectivity index (χ4n) is 2.19. The van der Waals surface area contributed by atoms with Gasteiger partial charge in [0.25, 0.3) is 0 Å². The summed E-state index contributed by atoms with van der Waals surface area (Å²) in [4.78, 5) is 10.5. The summed E-state index contributed by atoms with van der Waals surface area (Å²) in [6.45, 7) is 0. The minimum absolute atomic E-state index is 0.0322. The van der Waals surface area contributed by atoms with Gasteiger partial charge in [-0.05, 0) is 17.5 Å². The van der Waals surface area contributed by atoms with Crippen molar-refractivity contribution in [2.75, 3.05) is 0 Å². The highest BCUT2D eigenvalue weighted by Gasteiger charge is 2.34. The summed E-state index contributed by atoms with van der Waals surface area (Å²) in [5.74, 6) is -0.848. The molecule has 0 bridgehead atoms. The van der Waals surface area contributed by atoms with Gasteiger partial charge in [0.15, 0.2) is 0 Å². The van der Waals surface area contributed by atoms with Gasteiger partial charge >= 0.3 is 5.97 Å². The standard InChI is InChI=1S/C12H14O3/c13-11(14)5-6-12(15)7-9-3-1-2-4-10(9)8-12/h1-4,15H,5-8H2,(H,13,14). The molecule has 1 aromatic rings. The molecule has 0 amide bonds. The number of benzene rings is 1. The van der Waals surface area contributed by atoms with Gasteiger partial charge in [-0.3, -0.25) is 4.79 Å². The highest BCUT2D eigenvalue weighted by atomic mass is 16.4. The van der Waals surface area contributed by atoms with Crippen molar-refractivity contribution in [3.8, 4) is 0 Å². The Balaban J connectivity index is 2.07. The van der Waals surface area contributed by atoms with Gasteiger partial charge in [-0.2, -0.15) is 0 Å². The molecular formula is C12H14O3. The summed E-state index contributed by atoms with van der Waals surface area (Å²) in [6, 6.07) is 7.88. The van der Waals surface area contributed by atoms with Gasteiger partial charge in [0, 0.05) is 19.3 Å². The Kier molecular flexibility index (Phi) is 2.49. The van der Waals surface area contributed by atoms with Gasteiger partial charge in [0.1, 0.15) is 0 Å². The quantitative estimate of drug-likeness (QED) is 0.785. The zero-order chi connectivity index (χ0) is 10.9. The molecule has 0 radical (unpaired) electrons. The van der Waals surface area contributed by atoms with E-state index in [1.807, 2.05) is 24.3 Å². The van der Waals surface area contributed by atoms with E-state index in [4.69, 9.17) is 5.11 Å². The molecule has 15 heavy (non-hydrogen) atoms. The molecule has 0 unspecified atom stereocenters. The van der Waals surface area contributed by atoms with E-state index in [9.17, 15) is 9.90 Å². The topological polar surface area (TPSA) is 57.5 Å². The first-order valence-electron chi connectivity index (χ1n) is 5.10. The van der Waals surface area contributed by atoms with Gasteiger partial charge < -0.3 is 10.2 Å². The van der Waals surface area contributed by atoms with Gasteiger partial charge in [-0.15, -0.1) is 0 Å². The summed E-state index contributed by atoms with van der Waals surface area (Å²) < 4.78 is 0. The summed E-state index contributed by atoms with van der Waals surface area (Å²) in [7, 11) is 0. The lowest BCUT2D eigenvalue weighted by Crippen LogP contribution is -2.30. The molecule has 0 fully saturated rings. The second-order valence-electron chi connectivity index (χ2n) is 4.24. The van der Waals surface area contributed by atoms with Crippen LogP contribution >= 0.6 is 0 Å². The molecule has 0 aromatic heterocycles. The van der Waals surface area contributed by atoms with E-state index in [1.165, 1.54) is 0 Å². The number of hydrogen-bond acceptors (Lipinski definition) is 2. The summed E-state index contributed by atoms with van der Waals surface area (Å²) in [5, 5.41) is 18.8. The largest absolute Gasteiger partial charge is 0.481 e. The third kappa shape index (κ3) is 2.18. The summed E-state index contributed by atoms with van der Waals surface area (Å²) in [5.41, 5.74) is 1.44. The minimum Gasteiger partial charge on any atom is -0.481 e. The summed E-state index contributed by atoms with van der Waals surface area (Å²) >= 11 is 0. The maximum Gasteiger partial charge on any atom is 0.303 e. The molecule has 2 N–H and O–H groups in total. The van der Waals surface area contributed by atoms with Crippen LogP contribution in [0.2, 0.25) is 0 Å². The number of aliphatic carboxylic acids is 1. The fourth-order valence-corrected chi connectivity index (χ4v) is 2.19. The Bertz CT molecular complexity index is 359. The second-order valence-corrected chi connectivity index (χ2v) is 4.24. The van der Waals surface area contributed by atoms with Crippen molar-refractivity contribution in [1.82, 2.24) is 0 Å². The van der Waals surface area contributed by atoms with Crippen molar-refractivity contribution in [3.63, 3.8) is 0 Å². The van der Waals surface area contributed by atoms with Crippen molar-refractivity contribution in [2.24, 2.45) is 0 Å². The van der Waals surface area contributed by atoms with E-state index in [-0.39, 0.29) is 6.42 Å². The van der Waals surface area contributed by atoms with E-state index in [1.54, 1.807) is 0 Å². The van der Waals surface area contributed by atoms with Crippen LogP contribution in [0, 0.1) is 0 Å². The molecule has 0 heterocycles. The average Bonchev–Trinajstić information content (AvgIpc) is 2.52. The lowest BCUT2D eigenvalue weighted by molar-refractivity contribution is -0.138. The minimum atomic E-state index is -0.848. The number of hydrogen-bond donors (Lipinski definition) is 2. The van der Waals surface area contributed by atoms with E-state index >= 15 is 0 Å². The van der Waals surface area contributed by atoms with Gasteiger partial charge in [0.2, 0.25) is 0 Å². The van der Waals surface area contributed by atoms with Crippen molar-refractivity contribution < 1.29 is 15.0 Å². The number of aliphatic hydroxyl groups is 1. The van der Waals surface area contributed by atoms with E-state index in [0.29, 0.717) is 19.3 Å². The van der Waals surface area contributed by atoms with Gasteiger partial charge in [0.05, 0.1) is 5.60 Å². The highest BCUT2D eigenvalue weighted by Crippen LogP contribution is 2.32. The predicted molar refractivity (Wildman–Crippen MR) is 55.7 cm³/mol. The first-order chi connectivity index (χ1) is 7.09. The lowest BCUT2D eigenvalue weighted by atomic mass is 9.94. The third-order valence-electron chi connectivity index (χ3n) is 2.96. The molecule has 0 aliphatic heterocycles. The molecule has 1 aromatic carbocycles. The Morgan fingerprint density at radius 1 is 1.27 bits per heavy atom. The number of carboxylic acid groups (broad SMARTS) is 1. The van der Waals surface area contributed by atoms with Crippen molar-refractivity contribution >= 4 is 5.97 Å². The zero-order valence-corrected chi connectivity index (χ0v) is 8.44. The van der Waals surface area contributed by atoms with Crippen LogP contribution in [0.3, 0.4) is 0 Å². The van der Waals surface area contributed by atoms with Crippen LogP contribution in [-0.4, -0.2) is 21.8 Å². The van der Waals surface area contributed by atoms with Crippen molar-refractivity contribution in [3.05, 3.63) is 35.4 Å². The molecule has 0 spiro atoms. The Labute approximate surface area is 88.4 Å². The Hall–Kier alpha value is -1.35. The van der Waals surface area contributed by atoms with Crippen LogP contribution in [0.4, 0.5) is 0 Å². The molecule has 1 aliphatic rings. The monoisotopic (exact) mass is 206 g/mol. The van der Waals surface area contributed by atoms with E-state index < -0.39 is 11.6 Å². The number of carboxylic acids is 1. The highest BCUT2D eigenvalue weighted by molar-refractivity contribution is 5.66. The molecular weight excluding hydrogens is 192 g/mol. The smallest absolute Gasteiger partial charge is 0.303 e. The molecule has 3 heteroatoms. The first-order valence-corrected chi connectivity index (χ1v) is 5.10. The van der Waals surface area contributed by atoms with Crippen LogP contribution in [-0.2, 0) is 17.6 Å². The zero-order valence-electron chi connectivity index (χ0n) is 8.44. The predicted octanol–water partition coefficient (Wildman–Crippen LogP) is 1.38. The average molecular weight is 206 g/mol. The molecule has 2 rings (SSSR count). The lowest BCUT2D eigenvalue weighted by Gasteiger charge is -2.20. The Morgan fingerprint density at radius 2 is 1.80 bits per heavy atom. The molecule has 0 saturated carbocycles. The maximum atomic E-state index is 10.5. The van der Waals surface area contributed by atoms with E-state index in [0.717, 1.165) is 11.1 Å². The van der Waals surface area contributed by atoms with Crippen LogP contribution in [0.25, 0.3) is 0 Å². The number of rotatable bonds is 3. The van der Waals surface area contributed by atoms with Crippen LogP contribution < -0.4 is 0 Å². The van der Waals surface area contributed by atoms with Crippen LogP contribution in [0.15, 0.2) is 24.3 Å². The first kappa shape index (κ1) is 10.2. The SMILES string of the molecule is O=C(O)CCC1(O)Cc2ccccc2C1. The van der Waals surface area contributed by atoms with Crippen LogP contribution in [0.1, 0.15) is 24.0 Å². The Morgan fingerprint density at radius 3 is 2.27 bits per heavy atom. The molecule has 3 nitrogen and oxygen atoms in total. The van der Waals surface area contributed by atoms with Crippen molar-refractivity contribution in [1.29, 1.82) is 0 Å². The number of carbonyl (C=O) groups is 1. The molecule has 80 valence electrons. The fraction of sp³-hybridized carbons (Fsp3) is 0.417. The second kappa shape index (κ2) is 3.66. The van der Waals surface area contributed by atoms with E-state index in [2.05, 4.69) is 0 Å². The molecule has 1 aliphatic carbocycles. The van der Waals surface area contributed by atoms with Crippen molar-refractivity contribution in [2.45, 2.75) is 31.3 Å². The molecule has 0 atom stereocenters. The van der Waals surface area contributed by atoms with Gasteiger partial charge in [-0.1, -0.05) is 24.3 Å². The summed E-state index contributed by atoms with van der Waals surface area (Å²) in [6.07, 6.45) is 1.52. The van der Waals surface area contributed by atoms with Gasteiger partial charge in [-0.25, -0.2) is 0 Å². The third-order valence-corrected chi connectivity index (χ3v) is 2.96.